The van der Waals surface area contributed by atoms with Gasteiger partial charge in [0.25, 0.3) is 0 Å². The summed E-state index contributed by atoms with van der Waals surface area (Å²) in [7, 11) is 3.67. The minimum absolute atomic E-state index is 0.00297. The molecule has 216 valence electrons. The predicted octanol–water partition coefficient (Wildman–Crippen LogP) is 3.00. The third-order valence-corrected chi connectivity index (χ3v) is 5.67. The van der Waals surface area contributed by atoms with Crippen molar-refractivity contribution in [3.8, 4) is 0 Å². The molecule has 3 aromatic rings. The molecule has 0 saturated carbocycles. The van der Waals surface area contributed by atoms with Crippen molar-refractivity contribution in [1.82, 2.24) is 24.4 Å². The number of hydrogen-bond acceptors (Lipinski definition) is 10. The summed E-state index contributed by atoms with van der Waals surface area (Å²) in [4.78, 5) is 26.7. The molecule has 0 aliphatic carbocycles. The maximum Gasteiger partial charge on any atom is 0.411 e. The minimum Gasteiger partial charge on any atom is -0.448 e. The lowest BCUT2D eigenvalue weighted by Crippen LogP contribution is -2.34. The van der Waals surface area contributed by atoms with Crippen molar-refractivity contribution in [3.05, 3.63) is 42.5 Å². The van der Waals surface area contributed by atoms with E-state index in [1.165, 1.54) is 25.7 Å². The molecule has 5 N–H and O–H groups in total. The number of likely N-dealkylation sites (N-methyl/N-ethyl adjacent to an activating group) is 1. The Morgan fingerprint density at radius 2 is 1.77 bits per heavy atom. The van der Waals surface area contributed by atoms with Gasteiger partial charge in [0.2, 0.25) is 0 Å². The van der Waals surface area contributed by atoms with Crippen LogP contribution in [-0.2, 0) is 21.4 Å². The van der Waals surface area contributed by atoms with Gasteiger partial charge in [-0.3, -0.25) is 5.32 Å². The third kappa shape index (κ3) is 11.5. The molecule has 12 heteroatoms. The first-order chi connectivity index (χ1) is 18.2. The highest BCUT2D eigenvalue weighted by Gasteiger charge is 2.15. The zero-order chi connectivity index (χ0) is 29.2. The predicted molar refractivity (Wildman–Crippen MR) is 151 cm³/mol. The number of imidazole rings is 1. The largest absolute Gasteiger partial charge is 0.448 e. The fourth-order valence-electron chi connectivity index (χ4n) is 3.57. The topological polar surface area (TPSA) is 161 Å². The molecule has 12 nitrogen and oxygen atoms in total. The first kappa shape index (κ1) is 31.9. The second-order valence-electron chi connectivity index (χ2n) is 10.9. The number of nitrogens with one attached hydrogen (secondary N) is 1. The standard InChI is InChI=1S/C24H35N7O3.C3H8O2/c1-24(2,3)17-6-8-18(9-7-17)29-23(32)34-13-12-30(4)14-19(33-5)10-11-31-16-28-20-21(25)26-15-27-22(20)31;1-3(2,4)5/h6-9,15-16,19H,10-14H2,1-5H3,(H,29,32)(H2,25,26,27);4-5H,1-2H3. The molecule has 0 spiro atoms. The first-order valence-electron chi connectivity index (χ1n) is 12.8. The molecule has 0 aliphatic heterocycles. The van der Waals surface area contributed by atoms with E-state index in [1.54, 1.807) is 13.4 Å². The third-order valence-electron chi connectivity index (χ3n) is 5.67. The van der Waals surface area contributed by atoms with Gasteiger partial charge in [0, 0.05) is 32.4 Å². The second kappa shape index (κ2) is 14.2. The number of nitrogen functional groups attached to an aromatic ring is 1. The molecule has 1 atom stereocenters. The van der Waals surface area contributed by atoms with Gasteiger partial charge in [0.15, 0.2) is 17.3 Å². The van der Waals surface area contributed by atoms with Gasteiger partial charge in [0.1, 0.15) is 18.5 Å². The lowest BCUT2D eigenvalue weighted by atomic mass is 9.87. The van der Waals surface area contributed by atoms with Crippen molar-refractivity contribution in [2.75, 3.05) is 44.9 Å². The molecule has 1 unspecified atom stereocenters. The lowest BCUT2D eigenvalue weighted by Gasteiger charge is -2.23. The molecule has 1 aromatic carbocycles. The van der Waals surface area contributed by atoms with Gasteiger partial charge < -0.3 is 34.9 Å². The number of aromatic nitrogens is 4. The lowest BCUT2D eigenvalue weighted by molar-refractivity contribution is -0.127. The highest BCUT2D eigenvalue weighted by Crippen LogP contribution is 2.23. The van der Waals surface area contributed by atoms with E-state index in [0.29, 0.717) is 42.3 Å². The van der Waals surface area contributed by atoms with Gasteiger partial charge in [0.05, 0.1) is 12.4 Å². The van der Waals surface area contributed by atoms with E-state index < -0.39 is 11.9 Å². The van der Waals surface area contributed by atoms with Crippen LogP contribution in [0.15, 0.2) is 36.9 Å². The number of nitrogens with two attached hydrogens (primary N) is 1. The van der Waals surface area contributed by atoms with Crippen molar-refractivity contribution in [2.45, 2.75) is 64.9 Å². The van der Waals surface area contributed by atoms with Crippen molar-refractivity contribution in [1.29, 1.82) is 0 Å². The van der Waals surface area contributed by atoms with Crippen LogP contribution in [0, 0.1) is 0 Å². The highest BCUT2D eigenvalue weighted by atomic mass is 16.5. The van der Waals surface area contributed by atoms with E-state index in [9.17, 15) is 4.79 Å². The van der Waals surface area contributed by atoms with Crippen LogP contribution in [0.1, 0.15) is 46.6 Å². The van der Waals surface area contributed by atoms with Crippen LogP contribution < -0.4 is 11.1 Å². The molecule has 0 saturated heterocycles. The fourth-order valence-corrected chi connectivity index (χ4v) is 3.57. The zero-order valence-electron chi connectivity index (χ0n) is 24.0. The van der Waals surface area contributed by atoms with Gasteiger partial charge >= 0.3 is 6.09 Å². The Bertz CT molecular complexity index is 1160. The molecular weight excluding hydrogens is 502 g/mol. The number of aliphatic hydroxyl groups is 2. The van der Waals surface area contributed by atoms with Crippen LogP contribution >= 0.6 is 0 Å². The second-order valence-corrected chi connectivity index (χ2v) is 10.9. The zero-order valence-corrected chi connectivity index (χ0v) is 24.0. The molecule has 0 aliphatic rings. The number of ether oxygens (including phenoxy) is 2. The molecule has 39 heavy (non-hydrogen) atoms. The van der Waals surface area contributed by atoms with Gasteiger partial charge in [-0.1, -0.05) is 32.9 Å². The molecule has 1 amide bonds. The summed E-state index contributed by atoms with van der Waals surface area (Å²) in [5, 5.41) is 18.9. The molecule has 2 heterocycles. The van der Waals surface area contributed by atoms with Crippen LogP contribution in [0.3, 0.4) is 0 Å². The van der Waals surface area contributed by atoms with Crippen molar-refractivity contribution in [3.63, 3.8) is 0 Å². The normalized spacial score (nSPS) is 12.7. The SMILES string of the molecule is CC(C)(O)O.COC(CCn1cnc2c(N)ncnc21)CN(C)CCOC(=O)Nc1ccc(C(C)(C)C)cc1. The minimum atomic E-state index is -1.50. The fraction of sp³-hybridized carbons (Fsp3) is 0.556. The number of fused-ring (bicyclic) bond motifs is 1. The van der Waals surface area contributed by atoms with E-state index in [1.807, 2.05) is 35.9 Å². The van der Waals surface area contributed by atoms with E-state index >= 15 is 0 Å². The Morgan fingerprint density at radius 1 is 1.13 bits per heavy atom. The van der Waals surface area contributed by atoms with Crippen LogP contribution in [-0.4, -0.2) is 86.5 Å². The summed E-state index contributed by atoms with van der Waals surface area (Å²) in [5.41, 5.74) is 9.16. The first-order valence-corrected chi connectivity index (χ1v) is 12.8. The Labute approximate surface area is 230 Å². The van der Waals surface area contributed by atoms with E-state index in [0.717, 1.165) is 6.42 Å². The number of nitrogens with zero attached hydrogens (tertiary/aromatic N) is 5. The number of hydrogen-bond donors (Lipinski definition) is 4. The number of aryl methyl sites for hydroxylation is 1. The molecule has 3 rings (SSSR count). The van der Waals surface area contributed by atoms with Gasteiger partial charge in [-0.05, 0) is 50.4 Å². The number of anilines is 2. The van der Waals surface area contributed by atoms with Crippen molar-refractivity contribution in [2.24, 2.45) is 0 Å². The number of amides is 1. The Kier molecular flexibility index (Phi) is 11.6. The Balaban J connectivity index is 0.000000976. The van der Waals surface area contributed by atoms with Crippen molar-refractivity contribution < 1.29 is 24.5 Å². The molecule has 2 aromatic heterocycles. The number of carbonyl (C=O) groups excluding carboxylic acids is 1. The smallest absolute Gasteiger partial charge is 0.411 e. The summed E-state index contributed by atoms with van der Waals surface area (Å²) >= 11 is 0. The number of methoxy groups -OCH3 is 1. The van der Waals surface area contributed by atoms with E-state index in [2.05, 4.69) is 45.9 Å². The summed E-state index contributed by atoms with van der Waals surface area (Å²) in [5.74, 6) is -1.13. The molecule has 0 bridgehead atoms. The van der Waals surface area contributed by atoms with Gasteiger partial charge in [-0.15, -0.1) is 0 Å². The maximum absolute atomic E-state index is 12.1. The van der Waals surface area contributed by atoms with Gasteiger partial charge in [-0.25, -0.2) is 19.7 Å². The summed E-state index contributed by atoms with van der Waals surface area (Å²) in [6, 6.07) is 7.81. The Morgan fingerprint density at radius 3 is 2.36 bits per heavy atom. The summed E-state index contributed by atoms with van der Waals surface area (Å²) < 4.78 is 12.9. The Hall–Kier alpha value is -3.32. The van der Waals surface area contributed by atoms with Crippen LogP contribution in [0.25, 0.3) is 11.2 Å². The van der Waals surface area contributed by atoms with Crippen LogP contribution in [0.5, 0.6) is 0 Å². The highest BCUT2D eigenvalue weighted by molar-refractivity contribution is 5.84. The number of carbonyl (C=O) groups is 1. The average Bonchev–Trinajstić information content (AvgIpc) is 3.25. The monoisotopic (exact) mass is 545 g/mol. The molecule has 0 radical (unpaired) electrons. The maximum atomic E-state index is 12.1. The van der Waals surface area contributed by atoms with E-state index in [-0.39, 0.29) is 18.1 Å². The van der Waals surface area contributed by atoms with Crippen molar-refractivity contribution >= 4 is 28.8 Å². The number of rotatable bonds is 10. The van der Waals surface area contributed by atoms with Crippen LogP contribution in [0.2, 0.25) is 0 Å². The summed E-state index contributed by atoms with van der Waals surface area (Å²) in [6.45, 7) is 11.3. The van der Waals surface area contributed by atoms with Gasteiger partial charge in [-0.2, -0.15) is 0 Å². The quantitative estimate of drug-likeness (QED) is 0.279. The number of benzene rings is 1. The molecule has 0 fully saturated rings. The molecular formula is C27H43N7O5. The van der Waals surface area contributed by atoms with E-state index in [4.69, 9.17) is 25.4 Å². The van der Waals surface area contributed by atoms with Crippen LogP contribution in [0.4, 0.5) is 16.3 Å². The summed E-state index contributed by atoms with van der Waals surface area (Å²) in [6.07, 6.45) is 3.46. The average molecular weight is 546 g/mol.